The lowest BCUT2D eigenvalue weighted by atomic mass is 9.95. The van der Waals surface area contributed by atoms with Crippen LogP contribution in [0.5, 0.6) is 0 Å². The summed E-state index contributed by atoms with van der Waals surface area (Å²) >= 11 is 0. The zero-order valence-corrected chi connectivity index (χ0v) is 23.5. The minimum atomic E-state index is -2.02. The topological polar surface area (TPSA) is 348 Å². The van der Waals surface area contributed by atoms with Gasteiger partial charge in [0.15, 0.2) is 25.2 Å². The van der Waals surface area contributed by atoms with Crippen LogP contribution in [0, 0.1) is 0 Å². The summed E-state index contributed by atoms with van der Waals surface area (Å²) in [5.41, 5.74) is 0. The number of aliphatic hydroxyl groups excluding tert-OH is 14. The molecule has 4 heterocycles. The van der Waals surface area contributed by atoms with E-state index in [-0.39, 0.29) is 0 Å². The van der Waals surface area contributed by atoms with Gasteiger partial charge in [-0.05, 0) is 0 Å². The Bertz CT molecular complexity index is 910. The predicted octanol–water partition coefficient (Wildman–Crippen LogP) is -9.75. The first kappa shape index (κ1) is 37.0. The van der Waals surface area contributed by atoms with Crippen LogP contribution in [-0.4, -0.2) is 221 Å². The van der Waals surface area contributed by atoms with Crippen LogP contribution in [0.15, 0.2) is 0 Å². The van der Waals surface area contributed by atoms with Gasteiger partial charge in [-0.3, -0.25) is 0 Å². The van der Waals surface area contributed by atoms with E-state index in [0.717, 1.165) is 0 Å². The quantitative estimate of drug-likeness (QED) is 0.103. The van der Waals surface area contributed by atoms with Crippen molar-refractivity contribution in [3.05, 3.63) is 0 Å². The zero-order chi connectivity index (χ0) is 33.3. The molecule has 20 atom stereocenters. The molecule has 21 nitrogen and oxygen atoms in total. The van der Waals surface area contributed by atoms with Crippen molar-refractivity contribution in [1.29, 1.82) is 0 Å². The first-order chi connectivity index (χ1) is 21.3. The van der Waals surface area contributed by atoms with Crippen molar-refractivity contribution in [3.8, 4) is 0 Å². The van der Waals surface area contributed by atoms with Crippen LogP contribution in [0.4, 0.5) is 0 Å². The number of rotatable bonds is 10. The molecule has 4 aliphatic heterocycles. The number of aliphatic hydroxyl groups is 14. The van der Waals surface area contributed by atoms with Crippen LogP contribution in [0.25, 0.3) is 0 Å². The Hall–Kier alpha value is -0.840. The van der Waals surface area contributed by atoms with Gasteiger partial charge in [0.25, 0.3) is 0 Å². The van der Waals surface area contributed by atoms with Crippen molar-refractivity contribution in [1.82, 2.24) is 0 Å². The van der Waals surface area contributed by atoms with Crippen LogP contribution in [0.2, 0.25) is 0 Å². The van der Waals surface area contributed by atoms with E-state index in [4.69, 9.17) is 33.2 Å². The Balaban J connectivity index is 1.43. The average molecular weight is 667 g/mol. The second-order valence-corrected chi connectivity index (χ2v) is 11.1. The molecule has 0 aromatic heterocycles. The van der Waals surface area contributed by atoms with Gasteiger partial charge in [0.05, 0.1) is 26.4 Å². The minimum absolute atomic E-state index is 0.784. The van der Waals surface area contributed by atoms with Crippen LogP contribution in [0.1, 0.15) is 0 Å². The van der Waals surface area contributed by atoms with Crippen LogP contribution in [0.3, 0.4) is 0 Å². The fourth-order valence-electron chi connectivity index (χ4n) is 5.55. The predicted molar refractivity (Wildman–Crippen MR) is 134 cm³/mol. The highest BCUT2D eigenvalue weighted by Crippen LogP contribution is 2.34. The molecule has 21 heteroatoms. The monoisotopic (exact) mass is 666 g/mol. The van der Waals surface area contributed by atoms with E-state index in [1.165, 1.54) is 0 Å². The highest BCUT2D eigenvalue weighted by Gasteiger charge is 2.55. The molecule has 4 rings (SSSR count). The summed E-state index contributed by atoms with van der Waals surface area (Å²) in [6.07, 6.45) is -35.3. The summed E-state index contributed by atoms with van der Waals surface area (Å²) in [7, 11) is 0. The second-order valence-electron chi connectivity index (χ2n) is 11.1. The molecule has 0 amide bonds. The molecule has 4 saturated heterocycles. The lowest BCUT2D eigenvalue weighted by Crippen LogP contribution is -2.67. The molecule has 45 heavy (non-hydrogen) atoms. The first-order valence-corrected chi connectivity index (χ1v) is 14.1. The maximum atomic E-state index is 10.9. The van der Waals surface area contributed by atoms with Gasteiger partial charge < -0.3 is 105 Å². The summed E-state index contributed by atoms with van der Waals surface area (Å²) in [6, 6.07) is 0. The smallest absolute Gasteiger partial charge is 0.187 e. The summed E-state index contributed by atoms with van der Waals surface area (Å²) in [6.45, 7) is -3.39. The summed E-state index contributed by atoms with van der Waals surface area (Å²) in [4.78, 5) is 0. The Labute approximate surface area is 254 Å². The van der Waals surface area contributed by atoms with E-state index in [0.29, 0.717) is 0 Å². The molecular formula is C24H42O21. The molecule has 0 bridgehead atoms. The van der Waals surface area contributed by atoms with Gasteiger partial charge in [-0.25, -0.2) is 0 Å². The summed E-state index contributed by atoms with van der Waals surface area (Å²) in [5.74, 6) is 0. The van der Waals surface area contributed by atoms with E-state index < -0.39 is 149 Å². The van der Waals surface area contributed by atoms with E-state index in [2.05, 4.69) is 0 Å². The molecule has 14 N–H and O–H groups in total. The zero-order valence-electron chi connectivity index (χ0n) is 23.5. The normalized spacial score (nSPS) is 52.9. The molecule has 0 aromatic rings. The second kappa shape index (κ2) is 15.6. The van der Waals surface area contributed by atoms with Gasteiger partial charge in [0.1, 0.15) is 97.7 Å². The van der Waals surface area contributed by atoms with E-state index >= 15 is 0 Å². The standard InChI is InChI=1S/C24H42O21/c25-1-5-9(29)10(30)15(35)22(40-5)44-19-7(3-27)42-24(17(37)12(19)32)45-20-8(4-28)41-23(16(36)13(20)33)43-18-6(2-26)39-21(38)14(34)11(18)31/h5-38H,1-4H2/t5-,6-,7-,8-,9-,10+,11-,12-,13-,14-,15-,16-,17-,18-,19-,20-,21?,22-,23-,24-/m1/s1. The Morgan fingerprint density at radius 1 is 0.333 bits per heavy atom. The molecule has 0 saturated carbocycles. The van der Waals surface area contributed by atoms with Gasteiger partial charge in [0.2, 0.25) is 0 Å². The Morgan fingerprint density at radius 3 is 1.02 bits per heavy atom. The lowest BCUT2D eigenvalue weighted by molar-refractivity contribution is -0.387. The van der Waals surface area contributed by atoms with Crippen LogP contribution < -0.4 is 0 Å². The third-order valence-electron chi connectivity index (χ3n) is 8.20. The average Bonchev–Trinajstić information content (AvgIpc) is 3.03. The third-order valence-corrected chi connectivity index (χ3v) is 8.20. The SMILES string of the molecule is OC[C@H]1O[C@H](O[C@H]2[C@H](O)[C@@H](O)[C@@H](O[C@H]3[C@H](O)[C@@H](O)[C@@H](O[C@H]4[C@H](O)[C@@H](O)C(O)O[C@@H]4CO)O[C@@H]3CO)O[C@@H]2CO)[C@H](O)[C@@H](O)[C@@H]1O. The largest absolute Gasteiger partial charge is 0.394 e. The van der Waals surface area contributed by atoms with E-state index in [9.17, 15) is 71.5 Å². The molecule has 4 aliphatic rings. The minimum Gasteiger partial charge on any atom is -0.394 e. The fraction of sp³-hybridized carbons (Fsp3) is 1.00. The van der Waals surface area contributed by atoms with Crippen molar-refractivity contribution in [3.63, 3.8) is 0 Å². The van der Waals surface area contributed by atoms with Crippen molar-refractivity contribution in [2.24, 2.45) is 0 Å². The van der Waals surface area contributed by atoms with Crippen molar-refractivity contribution < 1.29 is 105 Å². The van der Waals surface area contributed by atoms with Crippen molar-refractivity contribution in [2.45, 2.75) is 123 Å². The summed E-state index contributed by atoms with van der Waals surface area (Å²) < 4.78 is 37.7. The van der Waals surface area contributed by atoms with Gasteiger partial charge in [-0.2, -0.15) is 0 Å². The van der Waals surface area contributed by atoms with Gasteiger partial charge in [-0.1, -0.05) is 0 Å². The van der Waals surface area contributed by atoms with E-state index in [1.54, 1.807) is 0 Å². The summed E-state index contributed by atoms with van der Waals surface area (Å²) in [5, 5.41) is 142. The highest BCUT2D eigenvalue weighted by molar-refractivity contribution is 4.97. The first-order valence-electron chi connectivity index (χ1n) is 14.1. The lowest BCUT2D eigenvalue weighted by Gasteiger charge is -2.49. The molecule has 0 aliphatic carbocycles. The van der Waals surface area contributed by atoms with Crippen molar-refractivity contribution >= 4 is 0 Å². The van der Waals surface area contributed by atoms with Crippen molar-refractivity contribution in [2.75, 3.05) is 26.4 Å². The van der Waals surface area contributed by atoms with Crippen LogP contribution in [-0.2, 0) is 33.2 Å². The molecular weight excluding hydrogens is 624 g/mol. The fourth-order valence-corrected chi connectivity index (χ4v) is 5.55. The molecule has 4 fully saturated rings. The number of hydrogen-bond donors (Lipinski definition) is 14. The molecule has 0 spiro atoms. The number of ether oxygens (including phenoxy) is 7. The molecule has 0 aromatic carbocycles. The maximum absolute atomic E-state index is 10.9. The third kappa shape index (κ3) is 7.44. The number of hydrogen-bond acceptors (Lipinski definition) is 21. The molecule has 264 valence electrons. The van der Waals surface area contributed by atoms with E-state index in [1.807, 2.05) is 0 Å². The van der Waals surface area contributed by atoms with Gasteiger partial charge >= 0.3 is 0 Å². The van der Waals surface area contributed by atoms with Crippen LogP contribution >= 0.6 is 0 Å². The Morgan fingerprint density at radius 2 is 0.644 bits per heavy atom. The maximum Gasteiger partial charge on any atom is 0.187 e. The highest BCUT2D eigenvalue weighted by atomic mass is 16.8. The molecule has 1 unspecified atom stereocenters. The van der Waals surface area contributed by atoms with Gasteiger partial charge in [-0.15, -0.1) is 0 Å². The van der Waals surface area contributed by atoms with Gasteiger partial charge in [0, 0.05) is 0 Å². The molecule has 0 radical (unpaired) electrons. The Kier molecular flexibility index (Phi) is 12.8.